The molecule has 1 unspecified atom stereocenters. The van der Waals surface area contributed by atoms with Crippen LogP contribution in [0.3, 0.4) is 0 Å². The number of benzene rings is 1. The van der Waals surface area contributed by atoms with Crippen molar-refractivity contribution in [3.05, 3.63) is 48.9 Å². The molecule has 0 heterocycles. The molecule has 0 spiro atoms. The number of hydrogen-bond acceptors (Lipinski definition) is 0. The van der Waals surface area contributed by atoms with Crippen LogP contribution in [-0.4, -0.2) is 6.67 Å². The zero-order valence-corrected chi connectivity index (χ0v) is 6.96. The van der Waals surface area contributed by atoms with E-state index in [2.05, 4.69) is 13.5 Å². The highest BCUT2D eigenvalue weighted by molar-refractivity contribution is 5.48. The summed E-state index contributed by atoms with van der Waals surface area (Å²) in [5.41, 5.74) is 1.93. The lowest BCUT2D eigenvalue weighted by atomic mass is 10.0. The zero-order chi connectivity index (χ0) is 8.97. The van der Waals surface area contributed by atoms with E-state index in [0.717, 1.165) is 11.1 Å². The Hall–Kier alpha value is -1.11. The number of rotatable bonds is 3. The largest absolute Gasteiger partial charge is 0.250 e. The Labute approximate surface area is 72.7 Å². The third kappa shape index (κ3) is 1.94. The van der Waals surface area contributed by atoms with E-state index in [4.69, 9.17) is 0 Å². The minimum Gasteiger partial charge on any atom is -0.250 e. The first-order valence-corrected chi connectivity index (χ1v) is 3.89. The predicted octanol–water partition coefficient (Wildman–Crippen LogP) is 3.22. The molecule has 0 fully saturated rings. The van der Waals surface area contributed by atoms with Crippen LogP contribution in [0.2, 0.25) is 0 Å². The fourth-order valence-corrected chi connectivity index (χ4v) is 1.03. The molecule has 1 atom stereocenters. The van der Waals surface area contributed by atoms with Gasteiger partial charge in [-0.2, -0.15) is 0 Å². The van der Waals surface area contributed by atoms with Crippen molar-refractivity contribution in [2.45, 2.75) is 5.92 Å². The van der Waals surface area contributed by atoms with Gasteiger partial charge in [0.25, 0.3) is 0 Å². The third-order valence-corrected chi connectivity index (χ3v) is 1.80. The highest BCUT2D eigenvalue weighted by Crippen LogP contribution is 2.16. The van der Waals surface area contributed by atoms with Crippen molar-refractivity contribution in [3.63, 3.8) is 0 Å². The maximum absolute atomic E-state index is 12.2. The Kier molecular flexibility index (Phi) is 3.03. The lowest BCUT2D eigenvalue weighted by Gasteiger charge is -2.06. The Morgan fingerprint density at radius 3 is 2.83 bits per heavy atom. The van der Waals surface area contributed by atoms with Gasteiger partial charge in [-0.15, -0.1) is 0 Å². The predicted molar refractivity (Wildman–Crippen MR) is 50.6 cm³/mol. The summed E-state index contributed by atoms with van der Waals surface area (Å²) in [6.45, 7) is 6.92. The van der Waals surface area contributed by atoms with Crippen LogP contribution in [0, 0.1) is 6.92 Å². The highest BCUT2D eigenvalue weighted by Gasteiger charge is 2.03. The summed E-state index contributed by atoms with van der Waals surface area (Å²) in [6.07, 6.45) is 1.74. The summed E-state index contributed by atoms with van der Waals surface area (Å²) in [7, 11) is 0. The number of hydrogen-bond donors (Lipinski definition) is 0. The van der Waals surface area contributed by atoms with E-state index >= 15 is 0 Å². The average Bonchev–Trinajstić information content (AvgIpc) is 2.17. The smallest absolute Gasteiger partial charge is 0.0962 e. The molecule has 0 aliphatic carbocycles. The van der Waals surface area contributed by atoms with E-state index in [1.54, 1.807) is 6.08 Å². The molecule has 1 rings (SSSR count). The van der Waals surface area contributed by atoms with Crippen molar-refractivity contribution < 1.29 is 4.39 Å². The van der Waals surface area contributed by atoms with Gasteiger partial charge < -0.3 is 0 Å². The van der Waals surface area contributed by atoms with Gasteiger partial charge in [0.05, 0.1) is 6.67 Å². The van der Waals surface area contributed by atoms with Gasteiger partial charge in [-0.1, -0.05) is 36.9 Å². The minimum absolute atomic E-state index is 0.259. The van der Waals surface area contributed by atoms with E-state index in [1.807, 2.05) is 24.3 Å². The topological polar surface area (TPSA) is 0 Å². The molecule has 0 bridgehead atoms. The molecule has 0 nitrogen and oxygen atoms in total. The van der Waals surface area contributed by atoms with Crippen LogP contribution in [-0.2, 0) is 0 Å². The molecule has 12 heavy (non-hydrogen) atoms. The SMILES string of the molecule is [CH2]C(CF)c1cccc(C=C)c1. The van der Waals surface area contributed by atoms with Crippen LogP contribution in [0.5, 0.6) is 0 Å². The second kappa shape index (κ2) is 4.05. The molecule has 0 N–H and O–H groups in total. The van der Waals surface area contributed by atoms with Gasteiger partial charge in [-0.3, -0.25) is 4.39 Å². The molecule has 1 aromatic rings. The number of halogens is 1. The molecular weight excluding hydrogens is 151 g/mol. The van der Waals surface area contributed by atoms with Gasteiger partial charge in [0.1, 0.15) is 0 Å². The Bertz CT molecular complexity index is 265. The van der Waals surface area contributed by atoms with Crippen LogP contribution in [0.4, 0.5) is 4.39 Å². The van der Waals surface area contributed by atoms with E-state index < -0.39 is 6.67 Å². The van der Waals surface area contributed by atoms with Crippen LogP contribution < -0.4 is 0 Å². The average molecular weight is 163 g/mol. The first-order valence-electron chi connectivity index (χ1n) is 3.89. The molecule has 0 aromatic heterocycles. The quantitative estimate of drug-likeness (QED) is 0.641. The second-order valence-corrected chi connectivity index (χ2v) is 2.73. The van der Waals surface area contributed by atoms with Crippen molar-refractivity contribution in [2.24, 2.45) is 0 Å². The fraction of sp³-hybridized carbons (Fsp3) is 0.182. The molecule has 1 aromatic carbocycles. The maximum Gasteiger partial charge on any atom is 0.0962 e. The Morgan fingerprint density at radius 1 is 1.50 bits per heavy atom. The fourth-order valence-electron chi connectivity index (χ4n) is 1.03. The van der Waals surface area contributed by atoms with Crippen molar-refractivity contribution in [2.75, 3.05) is 6.67 Å². The summed E-state index contributed by atoms with van der Waals surface area (Å²) in [4.78, 5) is 0. The second-order valence-electron chi connectivity index (χ2n) is 2.73. The van der Waals surface area contributed by atoms with Gasteiger partial charge in [-0.25, -0.2) is 0 Å². The standard InChI is InChI=1S/C11H12F/c1-3-10-5-4-6-11(7-10)9(2)8-12/h3-7,9H,1-2,8H2. The lowest BCUT2D eigenvalue weighted by Crippen LogP contribution is -1.95. The van der Waals surface area contributed by atoms with Crippen molar-refractivity contribution >= 4 is 6.08 Å². The third-order valence-electron chi connectivity index (χ3n) is 1.80. The minimum atomic E-state index is -0.416. The van der Waals surface area contributed by atoms with Crippen LogP contribution in [0.1, 0.15) is 17.0 Å². The van der Waals surface area contributed by atoms with Gasteiger partial charge in [0, 0.05) is 5.92 Å². The first kappa shape index (κ1) is 8.98. The molecule has 0 amide bonds. The number of alkyl halides is 1. The van der Waals surface area contributed by atoms with Crippen LogP contribution in [0.15, 0.2) is 30.8 Å². The van der Waals surface area contributed by atoms with Crippen molar-refractivity contribution in [3.8, 4) is 0 Å². The molecule has 0 saturated heterocycles. The summed E-state index contributed by atoms with van der Waals surface area (Å²) in [5.74, 6) is -0.259. The van der Waals surface area contributed by atoms with Gasteiger partial charge in [-0.05, 0) is 18.1 Å². The molecule has 0 aliphatic rings. The Balaban J connectivity index is 2.93. The van der Waals surface area contributed by atoms with Crippen LogP contribution >= 0.6 is 0 Å². The van der Waals surface area contributed by atoms with E-state index in [0.29, 0.717) is 0 Å². The normalized spacial score (nSPS) is 12.5. The summed E-state index contributed by atoms with van der Waals surface area (Å²) >= 11 is 0. The molecule has 1 heteroatoms. The highest BCUT2D eigenvalue weighted by atomic mass is 19.1. The molecule has 63 valence electrons. The van der Waals surface area contributed by atoms with E-state index in [9.17, 15) is 4.39 Å². The van der Waals surface area contributed by atoms with Gasteiger partial charge in [0.15, 0.2) is 0 Å². The molecular formula is C11H12F. The molecule has 0 aliphatic heterocycles. The van der Waals surface area contributed by atoms with E-state index in [1.165, 1.54) is 0 Å². The lowest BCUT2D eigenvalue weighted by molar-refractivity contribution is 0.465. The Morgan fingerprint density at radius 2 is 2.25 bits per heavy atom. The van der Waals surface area contributed by atoms with Crippen molar-refractivity contribution in [1.82, 2.24) is 0 Å². The first-order chi connectivity index (χ1) is 5.77. The maximum atomic E-state index is 12.2. The summed E-state index contributed by atoms with van der Waals surface area (Å²) in [5, 5.41) is 0. The zero-order valence-electron chi connectivity index (χ0n) is 6.96. The summed E-state index contributed by atoms with van der Waals surface area (Å²) < 4.78 is 12.2. The van der Waals surface area contributed by atoms with Crippen LogP contribution in [0.25, 0.3) is 6.08 Å². The van der Waals surface area contributed by atoms with Gasteiger partial charge >= 0.3 is 0 Å². The molecule has 0 saturated carbocycles. The monoisotopic (exact) mass is 163 g/mol. The molecule has 1 radical (unpaired) electrons. The summed E-state index contributed by atoms with van der Waals surface area (Å²) in [6, 6.07) is 7.61. The van der Waals surface area contributed by atoms with Crippen molar-refractivity contribution in [1.29, 1.82) is 0 Å². The van der Waals surface area contributed by atoms with E-state index in [-0.39, 0.29) is 5.92 Å². The van der Waals surface area contributed by atoms with Gasteiger partial charge in [0.2, 0.25) is 0 Å².